The Hall–Kier alpha value is -2.03. The summed E-state index contributed by atoms with van der Waals surface area (Å²) in [6.07, 6.45) is 9.37. The summed E-state index contributed by atoms with van der Waals surface area (Å²) in [5.74, 6) is -0.0391. The molecule has 0 radical (unpaired) electrons. The topological polar surface area (TPSA) is 41.1 Å². The smallest absolute Gasteiger partial charge is 0.224 e. The summed E-state index contributed by atoms with van der Waals surface area (Å²) < 4.78 is 0. The van der Waals surface area contributed by atoms with Crippen LogP contribution in [-0.4, -0.2) is 19.0 Å². The van der Waals surface area contributed by atoms with E-state index in [1.54, 1.807) is 12.2 Å². The normalized spacial score (nSPS) is 11.1. The Kier molecular flexibility index (Phi) is 9.00. The van der Waals surface area contributed by atoms with E-state index in [2.05, 4.69) is 30.4 Å². The quantitative estimate of drug-likeness (QED) is 0.485. The standard InChI is InChI=1S/C15H22N2O/c1-5-8-14(9-6-2)11-15(18)17-12-13(4)16-10-7-3/h5-9,16H,1,3-4,10-12H2,2H3,(H,17,18)/b9-6-,14-8+. The molecule has 0 atom stereocenters. The van der Waals surface area contributed by atoms with Gasteiger partial charge in [-0.15, -0.1) is 6.58 Å². The molecule has 0 aliphatic heterocycles. The number of carbonyl (C=O) groups is 1. The molecule has 0 spiro atoms. The summed E-state index contributed by atoms with van der Waals surface area (Å²) in [6, 6.07) is 0. The molecule has 98 valence electrons. The number of rotatable bonds is 9. The second-order valence-electron chi connectivity index (χ2n) is 3.70. The molecule has 2 N–H and O–H groups in total. The Bertz CT molecular complexity index is 365. The van der Waals surface area contributed by atoms with Crippen LogP contribution in [0.15, 0.2) is 61.4 Å². The van der Waals surface area contributed by atoms with E-state index in [0.717, 1.165) is 11.3 Å². The van der Waals surface area contributed by atoms with Gasteiger partial charge in [0.2, 0.25) is 5.91 Å². The number of allylic oxidation sites excluding steroid dienone is 4. The molecule has 0 aliphatic carbocycles. The second-order valence-corrected chi connectivity index (χ2v) is 3.70. The van der Waals surface area contributed by atoms with Crippen LogP contribution in [0.4, 0.5) is 0 Å². The zero-order chi connectivity index (χ0) is 13.8. The summed E-state index contributed by atoms with van der Waals surface area (Å²) >= 11 is 0. The third kappa shape index (κ3) is 8.16. The van der Waals surface area contributed by atoms with E-state index in [4.69, 9.17) is 0 Å². The van der Waals surface area contributed by atoms with E-state index >= 15 is 0 Å². The van der Waals surface area contributed by atoms with Gasteiger partial charge >= 0.3 is 0 Å². The lowest BCUT2D eigenvalue weighted by atomic mass is 10.1. The van der Waals surface area contributed by atoms with Gasteiger partial charge in [-0.25, -0.2) is 0 Å². The van der Waals surface area contributed by atoms with Gasteiger partial charge in [0.25, 0.3) is 0 Å². The van der Waals surface area contributed by atoms with Crippen LogP contribution in [0.3, 0.4) is 0 Å². The highest BCUT2D eigenvalue weighted by molar-refractivity contribution is 5.79. The SMILES string of the molecule is C=C/C=C(\C=C/C)CC(=O)NCC(=C)NCC=C. The van der Waals surface area contributed by atoms with Gasteiger partial charge in [-0.1, -0.05) is 43.5 Å². The monoisotopic (exact) mass is 246 g/mol. The first kappa shape index (κ1) is 16.0. The van der Waals surface area contributed by atoms with Gasteiger partial charge in [0.05, 0.1) is 13.0 Å². The fourth-order valence-electron chi connectivity index (χ4n) is 1.27. The first-order valence-electron chi connectivity index (χ1n) is 5.87. The minimum Gasteiger partial charge on any atom is -0.384 e. The predicted molar refractivity (Wildman–Crippen MR) is 78.1 cm³/mol. The maximum atomic E-state index is 11.7. The van der Waals surface area contributed by atoms with E-state index in [-0.39, 0.29) is 5.91 Å². The Balaban J connectivity index is 4.09. The molecule has 0 bridgehead atoms. The lowest BCUT2D eigenvalue weighted by Gasteiger charge is -2.09. The highest BCUT2D eigenvalue weighted by Gasteiger charge is 2.03. The molecule has 0 aliphatic rings. The molecule has 3 nitrogen and oxygen atoms in total. The van der Waals surface area contributed by atoms with Crippen LogP contribution in [0, 0.1) is 0 Å². The molecule has 0 aromatic carbocycles. The summed E-state index contributed by atoms with van der Waals surface area (Å²) in [5.41, 5.74) is 1.69. The minimum absolute atomic E-state index is 0.0391. The molecule has 3 heteroatoms. The lowest BCUT2D eigenvalue weighted by molar-refractivity contribution is -0.120. The third-order valence-electron chi connectivity index (χ3n) is 2.07. The molecule has 1 amide bonds. The first-order chi connectivity index (χ1) is 8.63. The van der Waals surface area contributed by atoms with E-state index in [1.807, 2.05) is 25.2 Å². The molecular weight excluding hydrogens is 224 g/mol. The summed E-state index contributed by atoms with van der Waals surface area (Å²) in [6.45, 7) is 14.0. The van der Waals surface area contributed by atoms with Crippen molar-refractivity contribution >= 4 is 5.91 Å². The van der Waals surface area contributed by atoms with Crippen molar-refractivity contribution < 1.29 is 4.79 Å². The van der Waals surface area contributed by atoms with Crippen molar-refractivity contribution in [1.82, 2.24) is 10.6 Å². The fourth-order valence-corrected chi connectivity index (χ4v) is 1.27. The summed E-state index contributed by atoms with van der Waals surface area (Å²) in [5, 5.41) is 5.81. The molecular formula is C15H22N2O. The highest BCUT2D eigenvalue weighted by atomic mass is 16.1. The minimum atomic E-state index is -0.0391. The van der Waals surface area contributed by atoms with Crippen LogP contribution >= 0.6 is 0 Å². The van der Waals surface area contributed by atoms with Gasteiger partial charge in [0, 0.05) is 12.2 Å². The summed E-state index contributed by atoms with van der Waals surface area (Å²) in [7, 11) is 0. The van der Waals surface area contributed by atoms with E-state index < -0.39 is 0 Å². The molecule has 18 heavy (non-hydrogen) atoms. The van der Waals surface area contributed by atoms with Crippen LogP contribution < -0.4 is 10.6 Å². The van der Waals surface area contributed by atoms with Crippen LogP contribution in [0.1, 0.15) is 13.3 Å². The van der Waals surface area contributed by atoms with Crippen LogP contribution in [-0.2, 0) is 4.79 Å². The van der Waals surface area contributed by atoms with Gasteiger partial charge < -0.3 is 10.6 Å². The lowest BCUT2D eigenvalue weighted by Crippen LogP contribution is -2.29. The molecule has 0 fully saturated rings. The summed E-state index contributed by atoms with van der Waals surface area (Å²) in [4.78, 5) is 11.7. The van der Waals surface area contributed by atoms with Gasteiger partial charge in [-0.2, -0.15) is 0 Å². The zero-order valence-corrected chi connectivity index (χ0v) is 11.0. The molecule has 0 rings (SSSR count). The number of hydrogen-bond acceptors (Lipinski definition) is 2. The number of hydrogen-bond donors (Lipinski definition) is 2. The molecule has 0 unspecified atom stereocenters. The van der Waals surface area contributed by atoms with Crippen molar-refractivity contribution in [2.24, 2.45) is 0 Å². The maximum absolute atomic E-state index is 11.7. The average molecular weight is 246 g/mol. The Morgan fingerprint density at radius 2 is 2.00 bits per heavy atom. The first-order valence-corrected chi connectivity index (χ1v) is 5.87. The largest absolute Gasteiger partial charge is 0.384 e. The van der Waals surface area contributed by atoms with E-state index in [1.165, 1.54) is 0 Å². The van der Waals surface area contributed by atoms with Gasteiger partial charge in [-0.3, -0.25) is 4.79 Å². The van der Waals surface area contributed by atoms with Crippen molar-refractivity contribution in [3.05, 3.63) is 61.4 Å². The van der Waals surface area contributed by atoms with Crippen molar-refractivity contribution in [1.29, 1.82) is 0 Å². The van der Waals surface area contributed by atoms with Crippen molar-refractivity contribution in [2.75, 3.05) is 13.1 Å². The van der Waals surface area contributed by atoms with Gasteiger partial charge in [0.1, 0.15) is 0 Å². The molecule has 0 saturated carbocycles. The van der Waals surface area contributed by atoms with Gasteiger partial charge in [0.15, 0.2) is 0 Å². The molecule has 0 heterocycles. The third-order valence-corrected chi connectivity index (χ3v) is 2.07. The molecule has 0 aromatic rings. The molecule has 0 aromatic heterocycles. The van der Waals surface area contributed by atoms with Gasteiger partial charge in [-0.05, 0) is 12.5 Å². The Morgan fingerprint density at radius 3 is 2.56 bits per heavy atom. The number of carbonyl (C=O) groups excluding carboxylic acids is 1. The molecule has 0 saturated heterocycles. The Labute approximate surface area is 110 Å². The van der Waals surface area contributed by atoms with Crippen LogP contribution in [0.5, 0.6) is 0 Å². The van der Waals surface area contributed by atoms with Crippen molar-refractivity contribution in [3.8, 4) is 0 Å². The highest BCUT2D eigenvalue weighted by Crippen LogP contribution is 2.03. The predicted octanol–water partition coefficient (Wildman–Crippen LogP) is 2.47. The number of nitrogens with one attached hydrogen (secondary N) is 2. The Morgan fingerprint density at radius 1 is 1.28 bits per heavy atom. The van der Waals surface area contributed by atoms with E-state index in [9.17, 15) is 4.79 Å². The number of amides is 1. The zero-order valence-electron chi connectivity index (χ0n) is 11.0. The van der Waals surface area contributed by atoms with Crippen molar-refractivity contribution in [3.63, 3.8) is 0 Å². The van der Waals surface area contributed by atoms with E-state index in [0.29, 0.717) is 19.5 Å². The second kappa shape index (κ2) is 10.1. The van der Waals surface area contributed by atoms with Crippen LogP contribution in [0.25, 0.3) is 0 Å². The maximum Gasteiger partial charge on any atom is 0.224 e. The average Bonchev–Trinajstić information content (AvgIpc) is 2.34. The fraction of sp³-hybridized carbons (Fsp3) is 0.267. The van der Waals surface area contributed by atoms with Crippen molar-refractivity contribution in [2.45, 2.75) is 13.3 Å². The van der Waals surface area contributed by atoms with Crippen LogP contribution in [0.2, 0.25) is 0 Å².